The summed E-state index contributed by atoms with van der Waals surface area (Å²) in [5.41, 5.74) is 0.850. The highest BCUT2D eigenvalue weighted by Gasteiger charge is 2.12. The van der Waals surface area contributed by atoms with Gasteiger partial charge in [0.25, 0.3) is 0 Å². The summed E-state index contributed by atoms with van der Waals surface area (Å²) in [4.78, 5) is 22.2. The highest BCUT2D eigenvalue weighted by Crippen LogP contribution is 2.26. The normalized spacial score (nSPS) is 10.8. The number of carboxylic acids is 1. The van der Waals surface area contributed by atoms with Crippen LogP contribution in [0.15, 0.2) is 28.7 Å². The molecule has 0 bridgehead atoms. The average molecular weight is 345 g/mol. The van der Waals surface area contributed by atoms with Gasteiger partial charge in [-0.05, 0) is 18.2 Å². The average Bonchev–Trinajstić information content (AvgIpc) is 2.63. The van der Waals surface area contributed by atoms with Gasteiger partial charge in [0.15, 0.2) is 5.78 Å². The molecule has 1 heterocycles. The Bertz CT molecular complexity index is 651. The Hall–Kier alpha value is -1.33. The Morgan fingerprint density at radius 3 is 2.68 bits per heavy atom. The van der Waals surface area contributed by atoms with Crippen molar-refractivity contribution in [3.63, 3.8) is 0 Å². The van der Waals surface area contributed by atoms with Crippen molar-refractivity contribution >= 4 is 50.2 Å². The summed E-state index contributed by atoms with van der Waals surface area (Å²) in [7, 11) is 0. The Labute approximate surface area is 123 Å². The zero-order chi connectivity index (χ0) is 14.0. The van der Waals surface area contributed by atoms with Crippen LogP contribution in [0.25, 0.3) is 10.9 Å². The fraction of sp³-hybridized carbons (Fsp3) is 0.231. The zero-order valence-corrected chi connectivity index (χ0v) is 12.2. The molecule has 6 heteroatoms. The minimum absolute atomic E-state index is 0.0132. The molecular weight excluding hydrogens is 334 g/mol. The van der Waals surface area contributed by atoms with E-state index in [0.717, 1.165) is 15.4 Å². The first kappa shape index (κ1) is 14.1. The lowest BCUT2D eigenvalue weighted by Gasteiger charge is -2.06. The minimum Gasteiger partial charge on any atom is -0.481 e. The van der Waals surface area contributed by atoms with E-state index in [1.54, 1.807) is 10.6 Å². The van der Waals surface area contributed by atoms with Crippen molar-refractivity contribution in [2.75, 3.05) is 0 Å². The maximum absolute atomic E-state index is 11.7. The lowest BCUT2D eigenvalue weighted by molar-refractivity contribution is -0.138. The molecule has 2 rings (SSSR count). The highest BCUT2D eigenvalue weighted by molar-refractivity contribution is 9.10. The van der Waals surface area contributed by atoms with Gasteiger partial charge in [-0.25, -0.2) is 0 Å². The Morgan fingerprint density at radius 1 is 1.26 bits per heavy atom. The monoisotopic (exact) mass is 343 g/mol. The molecule has 0 spiro atoms. The van der Waals surface area contributed by atoms with Crippen LogP contribution in [-0.2, 0) is 16.1 Å². The van der Waals surface area contributed by atoms with Crippen LogP contribution in [0.4, 0.5) is 0 Å². The number of rotatable bonds is 5. The molecule has 1 N–H and O–H groups in total. The number of nitrogens with zero attached hydrogens (tertiary/aromatic N) is 1. The summed E-state index contributed by atoms with van der Waals surface area (Å²) in [6.07, 6.45) is -0.140. The first-order valence-corrected chi connectivity index (χ1v) is 6.82. The van der Waals surface area contributed by atoms with Crippen molar-refractivity contribution in [1.82, 2.24) is 4.57 Å². The van der Waals surface area contributed by atoms with Crippen LogP contribution < -0.4 is 0 Å². The lowest BCUT2D eigenvalue weighted by Crippen LogP contribution is -2.11. The van der Waals surface area contributed by atoms with Gasteiger partial charge < -0.3 is 9.67 Å². The van der Waals surface area contributed by atoms with Crippen LogP contribution in [0.1, 0.15) is 12.8 Å². The van der Waals surface area contributed by atoms with Crippen molar-refractivity contribution in [2.45, 2.75) is 19.4 Å². The first-order chi connectivity index (χ1) is 8.97. The number of benzene rings is 1. The third-order valence-corrected chi connectivity index (χ3v) is 3.57. The second-order valence-electron chi connectivity index (χ2n) is 4.19. The van der Waals surface area contributed by atoms with Crippen molar-refractivity contribution < 1.29 is 14.7 Å². The highest BCUT2D eigenvalue weighted by atomic mass is 79.9. The number of carbonyl (C=O) groups is 2. The van der Waals surface area contributed by atoms with Gasteiger partial charge in [-0.2, -0.15) is 0 Å². The van der Waals surface area contributed by atoms with Gasteiger partial charge in [-0.3, -0.25) is 9.59 Å². The van der Waals surface area contributed by atoms with E-state index < -0.39 is 5.97 Å². The van der Waals surface area contributed by atoms with Gasteiger partial charge in [-0.1, -0.05) is 33.6 Å². The molecule has 0 radical (unpaired) electrons. The zero-order valence-electron chi connectivity index (χ0n) is 9.90. The number of fused-ring (bicyclic) bond motifs is 1. The minimum atomic E-state index is -0.973. The predicted octanol–water partition coefficient (Wildman–Crippen LogP) is 3.49. The fourth-order valence-electron chi connectivity index (χ4n) is 1.86. The van der Waals surface area contributed by atoms with Gasteiger partial charge in [0.05, 0.1) is 18.5 Å². The molecule has 0 aliphatic heterocycles. The second-order valence-corrected chi connectivity index (χ2v) is 5.49. The summed E-state index contributed by atoms with van der Waals surface area (Å²) < 4.78 is 2.58. The Balaban J connectivity index is 2.24. The van der Waals surface area contributed by atoms with E-state index in [1.807, 2.05) is 18.2 Å². The molecule has 19 heavy (non-hydrogen) atoms. The van der Waals surface area contributed by atoms with Crippen LogP contribution in [0.2, 0.25) is 5.15 Å². The Morgan fingerprint density at radius 2 is 2.00 bits per heavy atom. The lowest BCUT2D eigenvalue weighted by atomic mass is 10.2. The maximum atomic E-state index is 11.7. The van der Waals surface area contributed by atoms with Crippen LogP contribution in [0.5, 0.6) is 0 Å². The first-order valence-electron chi connectivity index (χ1n) is 5.65. The fourth-order valence-corrected chi connectivity index (χ4v) is 2.47. The number of carboxylic acid groups (broad SMARTS) is 1. The number of Topliss-reactive ketones (excluding diaryl/α,β-unsaturated/α-hetero) is 1. The Kier molecular flexibility index (Phi) is 4.27. The second kappa shape index (κ2) is 5.75. The van der Waals surface area contributed by atoms with E-state index in [1.165, 1.54) is 0 Å². The molecule has 0 aliphatic carbocycles. The van der Waals surface area contributed by atoms with Gasteiger partial charge in [0.2, 0.25) is 0 Å². The molecule has 100 valence electrons. The third-order valence-electron chi connectivity index (χ3n) is 2.77. The third kappa shape index (κ3) is 3.36. The van der Waals surface area contributed by atoms with Gasteiger partial charge in [0.1, 0.15) is 5.15 Å². The van der Waals surface area contributed by atoms with Crippen LogP contribution in [0.3, 0.4) is 0 Å². The molecule has 1 aromatic carbocycles. The molecule has 2 aromatic rings. The van der Waals surface area contributed by atoms with E-state index in [0.29, 0.717) is 5.15 Å². The van der Waals surface area contributed by atoms with Gasteiger partial charge >= 0.3 is 5.97 Å². The molecule has 0 saturated heterocycles. The van der Waals surface area contributed by atoms with E-state index in [-0.39, 0.29) is 25.2 Å². The predicted molar refractivity (Wildman–Crippen MR) is 76.5 cm³/mol. The smallest absolute Gasteiger partial charge is 0.303 e. The number of halogens is 2. The summed E-state index contributed by atoms with van der Waals surface area (Å²) in [5.74, 6) is -1.12. The number of aromatic nitrogens is 1. The molecular formula is C13H11BrClNO3. The van der Waals surface area contributed by atoms with Gasteiger partial charge in [0, 0.05) is 16.3 Å². The molecule has 0 fully saturated rings. The standard InChI is InChI=1S/C13H11BrClNO3/c14-9-2-1-8-5-12(15)16(11(8)6-9)7-10(17)3-4-13(18)19/h1-2,5-6H,3-4,7H2,(H,18,19). The topological polar surface area (TPSA) is 59.3 Å². The van der Waals surface area contributed by atoms with E-state index >= 15 is 0 Å². The number of carbonyl (C=O) groups excluding carboxylic acids is 1. The quantitative estimate of drug-likeness (QED) is 0.903. The number of hydrogen-bond acceptors (Lipinski definition) is 2. The van der Waals surface area contributed by atoms with Crippen LogP contribution in [0, 0.1) is 0 Å². The van der Waals surface area contributed by atoms with E-state index in [4.69, 9.17) is 16.7 Å². The molecule has 0 amide bonds. The molecule has 1 aromatic heterocycles. The summed E-state index contributed by atoms with van der Waals surface area (Å²) in [6, 6.07) is 7.47. The number of aliphatic carboxylic acids is 1. The number of ketones is 1. The van der Waals surface area contributed by atoms with Crippen molar-refractivity contribution in [3.8, 4) is 0 Å². The van der Waals surface area contributed by atoms with Crippen LogP contribution >= 0.6 is 27.5 Å². The van der Waals surface area contributed by atoms with Gasteiger partial charge in [-0.15, -0.1) is 0 Å². The summed E-state index contributed by atoms with van der Waals surface area (Å²) in [6.45, 7) is 0.0894. The maximum Gasteiger partial charge on any atom is 0.303 e. The van der Waals surface area contributed by atoms with Crippen LogP contribution in [-0.4, -0.2) is 21.4 Å². The molecule has 0 aliphatic rings. The van der Waals surface area contributed by atoms with E-state index in [9.17, 15) is 9.59 Å². The molecule has 4 nitrogen and oxygen atoms in total. The van der Waals surface area contributed by atoms with E-state index in [2.05, 4.69) is 15.9 Å². The largest absolute Gasteiger partial charge is 0.481 e. The molecule has 0 atom stereocenters. The summed E-state index contributed by atoms with van der Waals surface area (Å²) >= 11 is 9.48. The molecule has 0 saturated carbocycles. The van der Waals surface area contributed by atoms with Crippen molar-refractivity contribution in [1.29, 1.82) is 0 Å². The summed E-state index contributed by atoms with van der Waals surface area (Å²) in [5, 5.41) is 9.97. The molecule has 0 unspecified atom stereocenters. The van der Waals surface area contributed by atoms with Crippen molar-refractivity contribution in [3.05, 3.63) is 33.9 Å². The SMILES string of the molecule is O=C(O)CCC(=O)Cn1c(Cl)cc2ccc(Br)cc21. The van der Waals surface area contributed by atoms with Crippen molar-refractivity contribution in [2.24, 2.45) is 0 Å². The number of hydrogen-bond donors (Lipinski definition) is 1.